The summed E-state index contributed by atoms with van der Waals surface area (Å²) in [5, 5.41) is 8.07. The molecular weight excluding hydrogens is 380 g/mol. The molecule has 4 rings (SSSR count). The van der Waals surface area contributed by atoms with Crippen LogP contribution in [0.25, 0.3) is 11.1 Å². The standard InChI is InChI=1S/C22H34N6O2/c1-3-18-7-4-5-11-27(18)12-6-10-23-21(29)17-8-13-28(14-9-17)20-19-16(2)26-30-22(19)25-15-24-20/h15,17-18H,3-14H2,1-2H3,(H,23,29). The van der Waals surface area contributed by atoms with Crippen molar-refractivity contribution in [2.75, 3.05) is 37.6 Å². The molecule has 0 aromatic carbocycles. The molecule has 0 bridgehead atoms. The number of nitrogens with one attached hydrogen (secondary N) is 1. The lowest BCUT2D eigenvalue weighted by Crippen LogP contribution is -2.42. The van der Waals surface area contributed by atoms with Crippen LogP contribution >= 0.6 is 0 Å². The molecule has 2 aliphatic rings. The Morgan fingerprint density at radius 3 is 2.83 bits per heavy atom. The van der Waals surface area contributed by atoms with E-state index in [9.17, 15) is 4.79 Å². The zero-order valence-electron chi connectivity index (χ0n) is 18.3. The van der Waals surface area contributed by atoms with Crippen LogP contribution in [0, 0.1) is 12.8 Å². The summed E-state index contributed by atoms with van der Waals surface area (Å²) in [5.41, 5.74) is 1.33. The van der Waals surface area contributed by atoms with Crippen LogP contribution in [0.3, 0.4) is 0 Å². The highest BCUT2D eigenvalue weighted by molar-refractivity contribution is 5.88. The molecule has 1 unspecified atom stereocenters. The van der Waals surface area contributed by atoms with Crippen molar-refractivity contribution in [3.63, 3.8) is 0 Å². The van der Waals surface area contributed by atoms with Gasteiger partial charge in [0.1, 0.15) is 17.5 Å². The Morgan fingerprint density at radius 2 is 2.03 bits per heavy atom. The molecule has 2 saturated heterocycles. The van der Waals surface area contributed by atoms with Gasteiger partial charge in [-0.15, -0.1) is 0 Å². The van der Waals surface area contributed by atoms with E-state index in [4.69, 9.17) is 4.52 Å². The van der Waals surface area contributed by atoms with Gasteiger partial charge in [0.15, 0.2) is 0 Å². The van der Waals surface area contributed by atoms with Crippen molar-refractivity contribution < 1.29 is 9.32 Å². The fraction of sp³-hybridized carbons (Fsp3) is 0.727. The molecule has 2 aliphatic heterocycles. The molecular formula is C22H34N6O2. The Bertz CT molecular complexity index is 845. The first-order valence-corrected chi connectivity index (χ1v) is 11.5. The molecule has 0 aliphatic carbocycles. The molecule has 0 saturated carbocycles. The Hall–Kier alpha value is -2.22. The third-order valence-electron chi connectivity index (χ3n) is 6.73. The van der Waals surface area contributed by atoms with Crippen LogP contribution in [-0.4, -0.2) is 64.7 Å². The highest BCUT2D eigenvalue weighted by Gasteiger charge is 2.27. The van der Waals surface area contributed by atoms with Crippen LogP contribution in [0.5, 0.6) is 0 Å². The van der Waals surface area contributed by atoms with E-state index in [0.29, 0.717) is 5.71 Å². The first-order chi connectivity index (χ1) is 14.7. The highest BCUT2D eigenvalue weighted by Crippen LogP contribution is 2.29. The second kappa shape index (κ2) is 9.73. The predicted molar refractivity (Wildman–Crippen MR) is 116 cm³/mol. The number of carbonyl (C=O) groups is 1. The largest absolute Gasteiger partial charge is 0.356 e. The summed E-state index contributed by atoms with van der Waals surface area (Å²) in [6, 6.07) is 0.737. The molecule has 0 spiro atoms. The summed E-state index contributed by atoms with van der Waals surface area (Å²) in [7, 11) is 0. The highest BCUT2D eigenvalue weighted by atomic mass is 16.5. The van der Waals surface area contributed by atoms with Gasteiger partial charge in [-0.05, 0) is 52.0 Å². The quantitative estimate of drug-likeness (QED) is 0.697. The Labute approximate surface area is 178 Å². The van der Waals surface area contributed by atoms with Gasteiger partial charge in [-0.2, -0.15) is 4.98 Å². The minimum Gasteiger partial charge on any atom is -0.356 e. The number of anilines is 1. The summed E-state index contributed by atoms with van der Waals surface area (Å²) in [6.45, 7) is 8.89. The number of hydrogen-bond donors (Lipinski definition) is 1. The molecule has 1 atom stereocenters. The minimum atomic E-state index is 0.0838. The van der Waals surface area contributed by atoms with Crippen LogP contribution in [0.1, 0.15) is 57.6 Å². The summed E-state index contributed by atoms with van der Waals surface area (Å²) in [4.78, 5) is 26.1. The number of amides is 1. The number of hydrogen-bond acceptors (Lipinski definition) is 7. The molecule has 8 heteroatoms. The number of aromatic nitrogens is 3. The van der Waals surface area contributed by atoms with Crippen molar-refractivity contribution in [2.24, 2.45) is 5.92 Å². The van der Waals surface area contributed by atoms with Gasteiger partial charge in [0.05, 0.1) is 5.69 Å². The van der Waals surface area contributed by atoms with Crippen molar-refractivity contribution in [1.82, 2.24) is 25.3 Å². The predicted octanol–water partition coefficient (Wildman–Crippen LogP) is 2.91. The summed E-state index contributed by atoms with van der Waals surface area (Å²) >= 11 is 0. The topological polar surface area (TPSA) is 87.4 Å². The Balaban J connectivity index is 1.22. The molecule has 30 heavy (non-hydrogen) atoms. The van der Waals surface area contributed by atoms with Crippen LogP contribution in [-0.2, 0) is 4.79 Å². The monoisotopic (exact) mass is 414 g/mol. The Kier molecular flexibility index (Phi) is 6.82. The normalized spacial score (nSPS) is 21.3. The van der Waals surface area contributed by atoms with Gasteiger partial charge in [-0.1, -0.05) is 18.5 Å². The Morgan fingerprint density at radius 1 is 1.20 bits per heavy atom. The van der Waals surface area contributed by atoms with E-state index in [2.05, 4.69) is 37.2 Å². The van der Waals surface area contributed by atoms with Crippen molar-refractivity contribution in [1.29, 1.82) is 0 Å². The zero-order valence-corrected chi connectivity index (χ0v) is 18.3. The number of likely N-dealkylation sites (tertiary alicyclic amines) is 1. The van der Waals surface area contributed by atoms with Gasteiger partial charge in [0.2, 0.25) is 5.91 Å². The van der Waals surface area contributed by atoms with Crippen LogP contribution in [0.15, 0.2) is 10.9 Å². The number of nitrogens with zero attached hydrogens (tertiary/aromatic N) is 5. The number of piperidine rings is 2. The third-order valence-corrected chi connectivity index (χ3v) is 6.73. The summed E-state index contributed by atoms with van der Waals surface area (Å²) in [6.07, 6.45) is 9.47. The zero-order chi connectivity index (χ0) is 20.9. The molecule has 2 aromatic heterocycles. The molecule has 1 amide bonds. The lowest BCUT2D eigenvalue weighted by atomic mass is 9.95. The summed E-state index contributed by atoms with van der Waals surface area (Å²) < 4.78 is 5.26. The second-order valence-electron chi connectivity index (χ2n) is 8.65. The van der Waals surface area contributed by atoms with E-state index < -0.39 is 0 Å². The van der Waals surface area contributed by atoms with E-state index in [1.807, 2.05) is 6.92 Å². The molecule has 8 nitrogen and oxygen atoms in total. The maximum Gasteiger partial charge on any atom is 0.263 e. The molecule has 4 heterocycles. The number of aryl methyl sites for hydroxylation is 1. The van der Waals surface area contributed by atoms with E-state index in [1.54, 1.807) is 0 Å². The fourth-order valence-electron chi connectivity index (χ4n) is 4.95. The minimum absolute atomic E-state index is 0.0838. The van der Waals surface area contributed by atoms with E-state index in [1.165, 1.54) is 38.6 Å². The van der Waals surface area contributed by atoms with Crippen LogP contribution < -0.4 is 10.2 Å². The van der Waals surface area contributed by atoms with Crippen molar-refractivity contribution in [3.8, 4) is 0 Å². The molecule has 2 fully saturated rings. The van der Waals surface area contributed by atoms with Crippen molar-refractivity contribution >= 4 is 22.8 Å². The molecule has 0 radical (unpaired) electrons. The first-order valence-electron chi connectivity index (χ1n) is 11.5. The summed E-state index contributed by atoms with van der Waals surface area (Å²) in [5.74, 6) is 1.15. The molecule has 2 aromatic rings. The maximum absolute atomic E-state index is 12.6. The van der Waals surface area contributed by atoms with Gasteiger partial charge < -0.3 is 19.6 Å². The van der Waals surface area contributed by atoms with Crippen molar-refractivity contribution in [3.05, 3.63) is 12.0 Å². The first kappa shape index (κ1) is 21.0. The average Bonchev–Trinajstić information content (AvgIpc) is 3.18. The third kappa shape index (κ3) is 4.58. The number of carbonyl (C=O) groups excluding carboxylic acids is 1. The molecule has 1 N–H and O–H groups in total. The van der Waals surface area contributed by atoms with Gasteiger partial charge >= 0.3 is 0 Å². The molecule has 164 valence electrons. The number of fused-ring (bicyclic) bond motifs is 1. The van der Waals surface area contributed by atoms with Gasteiger partial charge in [-0.3, -0.25) is 4.79 Å². The van der Waals surface area contributed by atoms with E-state index >= 15 is 0 Å². The smallest absolute Gasteiger partial charge is 0.263 e. The SMILES string of the molecule is CCC1CCCCN1CCCNC(=O)C1CCN(c2ncnc3onc(C)c23)CC1. The van der Waals surface area contributed by atoms with Gasteiger partial charge in [0, 0.05) is 38.1 Å². The fourth-order valence-corrected chi connectivity index (χ4v) is 4.95. The van der Waals surface area contributed by atoms with Gasteiger partial charge in [0.25, 0.3) is 5.71 Å². The van der Waals surface area contributed by atoms with E-state index in [-0.39, 0.29) is 11.8 Å². The maximum atomic E-state index is 12.6. The van der Waals surface area contributed by atoms with E-state index in [0.717, 1.165) is 68.4 Å². The average molecular weight is 415 g/mol. The van der Waals surface area contributed by atoms with Crippen molar-refractivity contribution in [2.45, 2.75) is 64.8 Å². The van der Waals surface area contributed by atoms with Gasteiger partial charge in [-0.25, -0.2) is 4.98 Å². The second-order valence-corrected chi connectivity index (χ2v) is 8.65. The van der Waals surface area contributed by atoms with Crippen LogP contribution in [0.2, 0.25) is 0 Å². The lowest BCUT2D eigenvalue weighted by Gasteiger charge is -2.35. The lowest BCUT2D eigenvalue weighted by molar-refractivity contribution is -0.125. The number of rotatable bonds is 7. The van der Waals surface area contributed by atoms with Crippen LogP contribution in [0.4, 0.5) is 5.82 Å².